The van der Waals surface area contributed by atoms with E-state index in [2.05, 4.69) is 36.4 Å². The summed E-state index contributed by atoms with van der Waals surface area (Å²) < 4.78 is 0. The number of anilines is 3. The van der Waals surface area contributed by atoms with Gasteiger partial charge >= 0.3 is 0 Å². The quantitative estimate of drug-likeness (QED) is 0.537. The molecule has 0 aromatic heterocycles. The normalized spacial score (nSPS) is 12.7. The van der Waals surface area contributed by atoms with Crippen molar-refractivity contribution in [1.82, 2.24) is 4.90 Å². The van der Waals surface area contributed by atoms with Crippen LogP contribution in [-0.2, 0) is 17.6 Å². The van der Waals surface area contributed by atoms with Crippen molar-refractivity contribution in [1.29, 1.82) is 0 Å². The highest BCUT2D eigenvalue weighted by Gasteiger charge is 2.28. The summed E-state index contributed by atoms with van der Waals surface area (Å²) in [5, 5.41) is 2.93. The fourth-order valence-electron chi connectivity index (χ4n) is 4.06. The Bertz CT molecular complexity index is 1110. The minimum Gasteiger partial charge on any atom is -0.320 e. The van der Waals surface area contributed by atoms with E-state index in [-0.39, 0.29) is 18.2 Å². The van der Waals surface area contributed by atoms with Gasteiger partial charge in [-0.1, -0.05) is 48.5 Å². The fourth-order valence-corrected chi connectivity index (χ4v) is 4.06. The number of nitrogens with one attached hydrogen (secondary N) is 1. The van der Waals surface area contributed by atoms with Crippen LogP contribution in [0.4, 0.5) is 17.1 Å². The number of carbonyl (C=O) groups excluding carboxylic acids is 2. The van der Waals surface area contributed by atoms with Crippen LogP contribution < -0.4 is 10.2 Å². The average molecular weight is 428 g/mol. The lowest BCUT2D eigenvalue weighted by molar-refractivity contribution is -0.117. The van der Waals surface area contributed by atoms with Crippen molar-refractivity contribution < 1.29 is 9.59 Å². The predicted octanol–water partition coefficient (Wildman–Crippen LogP) is 5.04. The molecule has 0 aliphatic carbocycles. The van der Waals surface area contributed by atoms with Crippen LogP contribution in [0.25, 0.3) is 0 Å². The largest absolute Gasteiger partial charge is 0.320 e. The van der Waals surface area contributed by atoms with E-state index in [1.165, 1.54) is 12.0 Å². The molecule has 0 radical (unpaired) electrons. The Balaban J connectivity index is 1.53. The number of rotatable bonds is 7. The molecule has 5 heteroatoms. The van der Waals surface area contributed by atoms with Gasteiger partial charge in [0.15, 0.2) is 0 Å². The summed E-state index contributed by atoms with van der Waals surface area (Å²) in [5.41, 5.74) is 4.68. The van der Waals surface area contributed by atoms with Crippen molar-refractivity contribution in [2.24, 2.45) is 0 Å². The van der Waals surface area contributed by atoms with E-state index < -0.39 is 0 Å². The van der Waals surface area contributed by atoms with E-state index in [9.17, 15) is 9.59 Å². The third-order valence-corrected chi connectivity index (χ3v) is 5.73. The first-order valence-corrected chi connectivity index (χ1v) is 11.1. The van der Waals surface area contributed by atoms with Crippen LogP contribution in [0.3, 0.4) is 0 Å². The van der Waals surface area contributed by atoms with E-state index >= 15 is 0 Å². The Hall–Kier alpha value is -3.44. The number of para-hydroxylation sites is 3. The third-order valence-electron chi connectivity index (χ3n) is 5.73. The molecule has 0 fully saturated rings. The summed E-state index contributed by atoms with van der Waals surface area (Å²) in [5.74, 6) is -0.276. The molecular weight excluding hydrogens is 398 g/mol. The molecule has 3 aromatic carbocycles. The van der Waals surface area contributed by atoms with Gasteiger partial charge in [0, 0.05) is 0 Å². The summed E-state index contributed by atoms with van der Waals surface area (Å²) in [6.45, 7) is 1.10. The van der Waals surface area contributed by atoms with Crippen LogP contribution in [0.15, 0.2) is 72.8 Å². The molecule has 0 bridgehead atoms. The van der Waals surface area contributed by atoms with Crippen molar-refractivity contribution in [2.45, 2.75) is 25.7 Å². The van der Waals surface area contributed by atoms with Gasteiger partial charge in [0.2, 0.25) is 5.91 Å². The Kier molecular flexibility index (Phi) is 6.66. The summed E-state index contributed by atoms with van der Waals surface area (Å²) in [4.78, 5) is 30.1. The molecule has 1 aliphatic rings. The topological polar surface area (TPSA) is 52.7 Å². The van der Waals surface area contributed by atoms with Gasteiger partial charge < -0.3 is 10.2 Å². The van der Waals surface area contributed by atoms with Gasteiger partial charge in [-0.25, -0.2) is 0 Å². The van der Waals surface area contributed by atoms with Crippen LogP contribution in [0.2, 0.25) is 0 Å². The first kappa shape index (κ1) is 21.8. The molecule has 0 atom stereocenters. The predicted molar refractivity (Wildman–Crippen MR) is 130 cm³/mol. The molecule has 0 saturated heterocycles. The molecule has 3 aromatic rings. The fraction of sp³-hybridized carbons (Fsp3) is 0.259. The van der Waals surface area contributed by atoms with E-state index in [0.29, 0.717) is 22.6 Å². The lowest BCUT2D eigenvalue weighted by Gasteiger charge is -2.24. The van der Waals surface area contributed by atoms with Crippen molar-refractivity contribution in [2.75, 3.05) is 30.9 Å². The molecule has 0 saturated carbocycles. The van der Waals surface area contributed by atoms with Crippen molar-refractivity contribution in [3.63, 3.8) is 0 Å². The number of unbranched alkanes of at least 4 members (excludes halogenated alkanes) is 1. The zero-order valence-corrected chi connectivity index (χ0v) is 18.7. The highest BCUT2D eigenvalue weighted by Crippen LogP contribution is 2.38. The third kappa shape index (κ3) is 4.89. The lowest BCUT2D eigenvalue weighted by atomic mass is 10.0. The molecule has 1 aliphatic heterocycles. The summed E-state index contributed by atoms with van der Waals surface area (Å²) in [6.07, 6.45) is 3.63. The maximum atomic E-state index is 13.5. The average Bonchev–Trinajstić information content (AvgIpc) is 2.91. The highest BCUT2D eigenvalue weighted by molar-refractivity contribution is 6.17. The second kappa shape index (κ2) is 9.79. The highest BCUT2D eigenvalue weighted by atomic mass is 16.2. The van der Waals surface area contributed by atoms with Crippen LogP contribution in [0.5, 0.6) is 0 Å². The maximum absolute atomic E-state index is 13.5. The van der Waals surface area contributed by atoms with Crippen molar-refractivity contribution in [3.8, 4) is 0 Å². The van der Waals surface area contributed by atoms with Gasteiger partial charge in [0.1, 0.15) is 0 Å². The van der Waals surface area contributed by atoms with E-state index in [4.69, 9.17) is 0 Å². The molecule has 164 valence electrons. The number of carbonyl (C=O) groups is 2. The van der Waals surface area contributed by atoms with Gasteiger partial charge in [0.05, 0.1) is 29.0 Å². The van der Waals surface area contributed by atoms with Gasteiger partial charge in [-0.2, -0.15) is 0 Å². The molecule has 5 nitrogen and oxygen atoms in total. The Labute approximate surface area is 189 Å². The Morgan fingerprint density at radius 2 is 1.50 bits per heavy atom. The zero-order chi connectivity index (χ0) is 22.5. The molecule has 1 N–H and O–H groups in total. The van der Waals surface area contributed by atoms with Gasteiger partial charge in [0.25, 0.3) is 5.91 Å². The lowest BCUT2D eigenvalue weighted by Crippen LogP contribution is -2.28. The van der Waals surface area contributed by atoms with Crippen LogP contribution >= 0.6 is 0 Å². The van der Waals surface area contributed by atoms with Gasteiger partial charge in [-0.3, -0.25) is 14.5 Å². The van der Waals surface area contributed by atoms with Gasteiger partial charge in [-0.05, 0) is 75.3 Å². The summed E-state index contributed by atoms with van der Waals surface area (Å²) in [6, 6.07) is 23.0. The molecule has 32 heavy (non-hydrogen) atoms. The molecule has 1 heterocycles. The first-order valence-electron chi connectivity index (χ1n) is 11.1. The van der Waals surface area contributed by atoms with Crippen molar-refractivity contribution in [3.05, 3.63) is 89.5 Å². The minimum atomic E-state index is -0.207. The molecule has 4 rings (SSSR count). The standard InChI is InChI=1S/C27H29N3O2/c1-29(2)18-8-7-9-20-14-16-21(17-15-20)19-26(31)30-24-12-5-3-10-22(24)27(32)28-23-11-4-6-13-25(23)30/h3-6,10-17H,7-9,18-19H2,1-2H3,(H,28,32). The SMILES string of the molecule is CN(C)CCCCc1ccc(CC(=O)N2c3ccccc3NC(=O)c3ccccc32)cc1. The summed E-state index contributed by atoms with van der Waals surface area (Å²) in [7, 11) is 4.19. The molecule has 0 unspecified atom stereocenters. The first-order chi connectivity index (χ1) is 15.5. The second-order valence-electron chi connectivity index (χ2n) is 8.47. The maximum Gasteiger partial charge on any atom is 0.257 e. The van der Waals surface area contributed by atoms with E-state index in [1.54, 1.807) is 11.0 Å². The number of hydrogen-bond donors (Lipinski definition) is 1. The van der Waals surface area contributed by atoms with E-state index in [0.717, 1.165) is 24.9 Å². The Morgan fingerprint density at radius 1 is 0.844 bits per heavy atom. The van der Waals surface area contributed by atoms with E-state index in [1.807, 2.05) is 54.6 Å². The number of amides is 2. The number of fused-ring (bicyclic) bond motifs is 2. The second-order valence-corrected chi connectivity index (χ2v) is 8.47. The Morgan fingerprint density at radius 3 is 2.25 bits per heavy atom. The van der Waals surface area contributed by atoms with Crippen LogP contribution in [0.1, 0.15) is 34.3 Å². The number of aryl methyl sites for hydroxylation is 1. The minimum absolute atomic E-state index is 0.0693. The number of benzene rings is 3. The van der Waals surface area contributed by atoms with Gasteiger partial charge in [-0.15, -0.1) is 0 Å². The monoisotopic (exact) mass is 427 g/mol. The van der Waals surface area contributed by atoms with Crippen LogP contribution in [0, 0.1) is 0 Å². The molecular formula is C27H29N3O2. The summed E-state index contributed by atoms with van der Waals surface area (Å²) >= 11 is 0. The smallest absolute Gasteiger partial charge is 0.257 e. The molecule has 2 amide bonds. The zero-order valence-electron chi connectivity index (χ0n) is 18.7. The van der Waals surface area contributed by atoms with Crippen molar-refractivity contribution >= 4 is 28.9 Å². The van der Waals surface area contributed by atoms with Crippen LogP contribution in [-0.4, -0.2) is 37.4 Å². The molecule has 0 spiro atoms. The number of nitrogens with zero attached hydrogens (tertiary/aromatic N) is 2. The number of hydrogen-bond acceptors (Lipinski definition) is 3.